The van der Waals surface area contributed by atoms with Crippen molar-refractivity contribution in [1.82, 2.24) is 15.2 Å². The summed E-state index contributed by atoms with van der Waals surface area (Å²) in [7, 11) is 0. The quantitative estimate of drug-likeness (QED) is 0.883. The number of carbonyl (C=O) groups is 1. The van der Waals surface area contributed by atoms with Crippen molar-refractivity contribution in [2.45, 2.75) is 46.1 Å². The summed E-state index contributed by atoms with van der Waals surface area (Å²) in [4.78, 5) is 18.6. The van der Waals surface area contributed by atoms with Gasteiger partial charge in [-0.15, -0.1) is 0 Å². The van der Waals surface area contributed by atoms with Crippen molar-refractivity contribution < 1.29 is 9.21 Å². The van der Waals surface area contributed by atoms with Crippen molar-refractivity contribution in [2.24, 2.45) is 0 Å². The Morgan fingerprint density at radius 3 is 2.84 bits per heavy atom. The van der Waals surface area contributed by atoms with E-state index in [-0.39, 0.29) is 5.91 Å². The Kier molecular flexibility index (Phi) is 4.58. The van der Waals surface area contributed by atoms with Crippen LogP contribution in [0, 0.1) is 13.8 Å². The van der Waals surface area contributed by atoms with Gasteiger partial charge in [0.15, 0.2) is 5.89 Å². The fraction of sp³-hybridized carbons (Fsp3) is 0.714. The molecular weight excluding hydrogens is 242 g/mol. The van der Waals surface area contributed by atoms with Gasteiger partial charge in [0.2, 0.25) is 5.76 Å². The van der Waals surface area contributed by atoms with Gasteiger partial charge in [0, 0.05) is 26.1 Å². The van der Waals surface area contributed by atoms with E-state index >= 15 is 0 Å². The third-order valence-corrected chi connectivity index (χ3v) is 3.48. The van der Waals surface area contributed by atoms with Crippen LogP contribution in [-0.2, 0) is 0 Å². The van der Waals surface area contributed by atoms with Gasteiger partial charge in [0.1, 0.15) is 0 Å². The zero-order valence-corrected chi connectivity index (χ0v) is 12.0. The zero-order chi connectivity index (χ0) is 13.8. The number of carbonyl (C=O) groups excluding carboxylic acids is 1. The molecule has 1 unspecified atom stereocenters. The molecule has 0 aromatic carbocycles. The molecule has 106 valence electrons. The van der Waals surface area contributed by atoms with Gasteiger partial charge in [0.25, 0.3) is 5.91 Å². The van der Waals surface area contributed by atoms with Crippen LogP contribution in [0.4, 0.5) is 0 Å². The Morgan fingerprint density at radius 2 is 2.32 bits per heavy atom. The average Bonchev–Trinajstić information content (AvgIpc) is 2.97. The number of amides is 1. The van der Waals surface area contributed by atoms with Gasteiger partial charge in [-0.1, -0.05) is 6.92 Å². The van der Waals surface area contributed by atoms with Gasteiger partial charge in [0.05, 0.1) is 5.69 Å². The minimum atomic E-state index is -0.0337. The van der Waals surface area contributed by atoms with E-state index in [1.807, 2.05) is 11.8 Å². The molecule has 0 radical (unpaired) electrons. The predicted octanol–water partition coefficient (Wildman–Crippen LogP) is 1.90. The Hall–Kier alpha value is -1.36. The highest BCUT2D eigenvalue weighted by Crippen LogP contribution is 2.15. The summed E-state index contributed by atoms with van der Waals surface area (Å²) >= 11 is 0. The number of aromatic nitrogens is 1. The summed E-state index contributed by atoms with van der Waals surface area (Å²) in [5.41, 5.74) is 0.683. The van der Waals surface area contributed by atoms with Crippen LogP contribution in [0.3, 0.4) is 0 Å². The smallest absolute Gasteiger partial charge is 0.291 e. The van der Waals surface area contributed by atoms with Gasteiger partial charge in [-0.05, 0) is 32.7 Å². The van der Waals surface area contributed by atoms with Crippen LogP contribution in [0.25, 0.3) is 0 Å². The summed E-state index contributed by atoms with van der Waals surface area (Å²) < 4.78 is 5.45. The minimum Gasteiger partial charge on any atom is -0.436 e. The fourth-order valence-electron chi connectivity index (χ4n) is 2.60. The lowest BCUT2D eigenvalue weighted by Gasteiger charge is -2.24. The first-order chi connectivity index (χ1) is 9.11. The Labute approximate surface area is 114 Å². The molecule has 1 aliphatic heterocycles. The monoisotopic (exact) mass is 265 g/mol. The highest BCUT2D eigenvalue weighted by Gasteiger charge is 2.25. The van der Waals surface area contributed by atoms with Gasteiger partial charge in [-0.3, -0.25) is 4.79 Å². The second kappa shape index (κ2) is 6.19. The number of nitrogens with one attached hydrogen (secondary N) is 1. The highest BCUT2D eigenvalue weighted by atomic mass is 16.4. The molecule has 1 fully saturated rings. The second-order valence-corrected chi connectivity index (χ2v) is 5.19. The van der Waals surface area contributed by atoms with Crippen molar-refractivity contribution in [2.75, 3.05) is 19.6 Å². The summed E-state index contributed by atoms with van der Waals surface area (Å²) in [6.07, 6.45) is 3.28. The number of nitrogens with zero attached hydrogens (tertiary/aromatic N) is 2. The summed E-state index contributed by atoms with van der Waals surface area (Å²) in [6.45, 7) is 8.25. The van der Waals surface area contributed by atoms with E-state index in [0.717, 1.165) is 32.5 Å². The zero-order valence-electron chi connectivity index (χ0n) is 12.0. The molecular formula is C14H23N3O2. The summed E-state index contributed by atoms with van der Waals surface area (Å²) in [6, 6.07) is 0.417. The molecule has 2 heterocycles. The van der Waals surface area contributed by atoms with E-state index in [0.29, 0.717) is 23.4 Å². The van der Waals surface area contributed by atoms with Crippen LogP contribution in [0.5, 0.6) is 0 Å². The molecule has 1 aromatic heterocycles. The van der Waals surface area contributed by atoms with Gasteiger partial charge >= 0.3 is 0 Å². The highest BCUT2D eigenvalue weighted by molar-refractivity contribution is 5.92. The summed E-state index contributed by atoms with van der Waals surface area (Å²) in [5, 5.41) is 3.43. The number of hydrogen-bond acceptors (Lipinski definition) is 4. The Bertz CT molecular complexity index is 436. The molecule has 1 saturated heterocycles. The first-order valence-corrected chi connectivity index (χ1v) is 7.08. The standard InChI is InChI=1S/C14H23N3O2/c1-4-8-17(9-12-6-5-7-15-12)14(18)13-10(2)16-11(3)19-13/h12,15H,4-9H2,1-3H3. The third-order valence-electron chi connectivity index (χ3n) is 3.48. The SMILES string of the molecule is CCCN(CC1CCCN1)C(=O)c1oc(C)nc1C. The van der Waals surface area contributed by atoms with Crippen molar-refractivity contribution in [3.63, 3.8) is 0 Å². The molecule has 5 heteroatoms. The van der Waals surface area contributed by atoms with Crippen molar-refractivity contribution in [3.8, 4) is 0 Å². The number of aryl methyl sites for hydroxylation is 2. The van der Waals surface area contributed by atoms with E-state index in [2.05, 4.69) is 17.2 Å². The average molecular weight is 265 g/mol. The molecule has 19 heavy (non-hydrogen) atoms. The van der Waals surface area contributed by atoms with Crippen LogP contribution in [0.2, 0.25) is 0 Å². The second-order valence-electron chi connectivity index (χ2n) is 5.19. The minimum absolute atomic E-state index is 0.0337. The van der Waals surface area contributed by atoms with E-state index in [9.17, 15) is 4.79 Å². The maximum atomic E-state index is 12.5. The van der Waals surface area contributed by atoms with E-state index in [1.54, 1.807) is 6.92 Å². The lowest BCUT2D eigenvalue weighted by molar-refractivity contribution is 0.0707. The number of hydrogen-bond donors (Lipinski definition) is 1. The Morgan fingerprint density at radius 1 is 1.53 bits per heavy atom. The lowest BCUT2D eigenvalue weighted by Crippen LogP contribution is -2.41. The van der Waals surface area contributed by atoms with E-state index in [4.69, 9.17) is 4.42 Å². The third kappa shape index (κ3) is 3.35. The maximum Gasteiger partial charge on any atom is 0.291 e. The first-order valence-electron chi connectivity index (χ1n) is 7.08. The molecule has 0 spiro atoms. The van der Waals surface area contributed by atoms with E-state index in [1.165, 1.54) is 6.42 Å². The van der Waals surface area contributed by atoms with Crippen molar-refractivity contribution >= 4 is 5.91 Å². The summed E-state index contributed by atoms with van der Waals surface area (Å²) in [5.74, 6) is 0.911. The first kappa shape index (κ1) is 14.1. The molecule has 1 N–H and O–H groups in total. The largest absolute Gasteiger partial charge is 0.436 e. The number of oxazole rings is 1. The molecule has 1 aliphatic rings. The van der Waals surface area contributed by atoms with Crippen molar-refractivity contribution in [1.29, 1.82) is 0 Å². The molecule has 1 atom stereocenters. The predicted molar refractivity (Wildman–Crippen MR) is 73.2 cm³/mol. The molecule has 0 bridgehead atoms. The Balaban J connectivity index is 2.08. The van der Waals surface area contributed by atoms with Crippen LogP contribution < -0.4 is 5.32 Å². The van der Waals surface area contributed by atoms with Gasteiger partial charge in [-0.25, -0.2) is 4.98 Å². The van der Waals surface area contributed by atoms with Gasteiger partial charge < -0.3 is 14.6 Å². The maximum absolute atomic E-state index is 12.5. The topological polar surface area (TPSA) is 58.4 Å². The normalized spacial score (nSPS) is 18.8. The lowest BCUT2D eigenvalue weighted by atomic mass is 10.2. The molecule has 1 aromatic rings. The molecule has 2 rings (SSSR count). The molecule has 1 amide bonds. The van der Waals surface area contributed by atoms with Gasteiger partial charge in [-0.2, -0.15) is 0 Å². The van der Waals surface area contributed by atoms with Crippen LogP contribution in [-0.4, -0.2) is 41.5 Å². The molecule has 0 aliphatic carbocycles. The van der Waals surface area contributed by atoms with Crippen LogP contribution in [0.15, 0.2) is 4.42 Å². The van der Waals surface area contributed by atoms with Crippen molar-refractivity contribution in [3.05, 3.63) is 17.3 Å². The molecule has 0 saturated carbocycles. The molecule has 5 nitrogen and oxygen atoms in total. The van der Waals surface area contributed by atoms with E-state index < -0.39 is 0 Å². The fourth-order valence-corrected chi connectivity index (χ4v) is 2.60. The van der Waals surface area contributed by atoms with Crippen LogP contribution >= 0.6 is 0 Å². The van der Waals surface area contributed by atoms with Crippen LogP contribution in [0.1, 0.15) is 48.3 Å². The number of rotatable bonds is 5.